The molecule has 5 nitrogen and oxygen atoms in total. The van der Waals surface area contributed by atoms with Crippen LogP contribution in [0.1, 0.15) is 19.8 Å². The van der Waals surface area contributed by atoms with Crippen molar-refractivity contribution in [3.05, 3.63) is 12.2 Å². The normalized spacial score (nSPS) is 25.4. The van der Waals surface area contributed by atoms with E-state index in [9.17, 15) is 9.59 Å². The summed E-state index contributed by atoms with van der Waals surface area (Å²) in [6, 6.07) is -0.289. The summed E-state index contributed by atoms with van der Waals surface area (Å²) in [4.78, 5) is 24.6. The molecule has 1 rings (SSSR count). The number of carbonyl (C=O) groups excluding carboxylic acids is 1. The number of carboxylic acids is 1. The lowest BCUT2D eigenvalue weighted by Crippen LogP contribution is -2.44. The maximum absolute atomic E-state index is 12.1. The third kappa shape index (κ3) is 3.06. The van der Waals surface area contributed by atoms with Crippen molar-refractivity contribution in [1.29, 1.82) is 0 Å². The number of carboxylic acid groups (broad SMARTS) is 1. The number of hydrogen-bond donors (Lipinski definition) is 2. The lowest BCUT2D eigenvalue weighted by atomic mass is 9.82. The van der Waals surface area contributed by atoms with E-state index in [0.29, 0.717) is 12.8 Å². The fourth-order valence-electron chi connectivity index (χ4n) is 1.96. The largest absolute Gasteiger partial charge is 0.481 e. The van der Waals surface area contributed by atoms with Gasteiger partial charge in [-0.25, -0.2) is 0 Å². The highest BCUT2D eigenvalue weighted by atomic mass is 16.4. The highest BCUT2D eigenvalue weighted by molar-refractivity contribution is 5.85. The van der Waals surface area contributed by atoms with Crippen LogP contribution in [0, 0.1) is 11.8 Å². The zero-order valence-corrected chi connectivity index (χ0v) is 10.2. The third-order valence-electron chi connectivity index (χ3n) is 3.34. The topological polar surface area (TPSA) is 77.8 Å². The van der Waals surface area contributed by atoms with Gasteiger partial charge in [0.05, 0.1) is 24.5 Å². The first-order chi connectivity index (χ1) is 7.99. The summed E-state index contributed by atoms with van der Waals surface area (Å²) in [5.41, 5.74) is 0. The Hall–Kier alpha value is -1.36. The lowest BCUT2D eigenvalue weighted by molar-refractivity contribution is -0.151. The first-order valence-corrected chi connectivity index (χ1v) is 5.74. The van der Waals surface area contributed by atoms with Crippen LogP contribution in [0.3, 0.4) is 0 Å². The summed E-state index contributed by atoms with van der Waals surface area (Å²) in [5.74, 6) is -2.31. The van der Waals surface area contributed by atoms with Crippen LogP contribution in [0.25, 0.3) is 0 Å². The first kappa shape index (κ1) is 13.7. The van der Waals surface area contributed by atoms with Crippen LogP contribution in [-0.2, 0) is 9.59 Å². The fraction of sp³-hybridized carbons (Fsp3) is 0.667. The lowest BCUT2D eigenvalue weighted by Gasteiger charge is -2.31. The standard InChI is InChI=1S/C12H19NO4/c1-8(7-14)13(2)11(15)9-5-3-4-6-10(9)12(16)17/h3-4,8-10,14H,5-7H2,1-2H3,(H,16,17)/t8?,9-,10+/m1/s1. The Morgan fingerprint density at radius 2 is 1.88 bits per heavy atom. The maximum Gasteiger partial charge on any atom is 0.307 e. The van der Waals surface area contributed by atoms with Crippen LogP contribution in [0.5, 0.6) is 0 Å². The zero-order chi connectivity index (χ0) is 13.0. The van der Waals surface area contributed by atoms with Gasteiger partial charge in [0.25, 0.3) is 0 Å². The molecule has 1 aliphatic rings. The van der Waals surface area contributed by atoms with Gasteiger partial charge in [-0.3, -0.25) is 9.59 Å². The molecule has 0 aromatic rings. The van der Waals surface area contributed by atoms with Crippen molar-refractivity contribution in [2.75, 3.05) is 13.7 Å². The summed E-state index contributed by atoms with van der Waals surface area (Å²) in [6.07, 6.45) is 4.50. The Bertz CT molecular complexity index is 326. The Morgan fingerprint density at radius 1 is 1.35 bits per heavy atom. The van der Waals surface area contributed by atoms with Crippen LogP contribution < -0.4 is 0 Å². The summed E-state index contributed by atoms with van der Waals surface area (Å²) in [7, 11) is 1.60. The summed E-state index contributed by atoms with van der Waals surface area (Å²) >= 11 is 0. The minimum absolute atomic E-state index is 0.122. The van der Waals surface area contributed by atoms with Crippen molar-refractivity contribution in [3.8, 4) is 0 Å². The fourth-order valence-corrected chi connectivity index (χ4v) is 1.96. The van der Waals surface area contributed by atoms with Crippen molar-refractivity contribution >= 4 is 11.9 Å². The molecule has 0 fully saturated rings. The van der Waals surface area contributed by atoms with Gasteiger partial charge in [-0.05, 0) is 19.8 Å². The molecule has 0 radical (unpaired) electrons. The van der Waals surface area contributed by atoms with E-state index in [1.54, 1.807) is 20.0 Å². The molecule has 0 bridgehead atoms. The minimum Gasteiger partial charge on any atom is -0.481 e. The van der Waals surface area contributed by atoms with E-state index in [0.717, 1.165) is 0 Å². The molecule has 5 heteroatoms. The Kier molecular flexibility index (Phi) is 4.69. The van der Waals surface area contributed by atoms with E-state index in [1.807, 2.05) is 6.08 Å². The van der Waals surface area contributed by atoms with E-state index in [2.05, 4.69) is 0 Å². The van der Waals surface area contributed by atoms with Gasteiger partial charge >= 0.3 is 5.97 Å². The molecule has 0 aromatic heterocycles. The molecule has 1 unspecified atom stereocenters. The summed E-state index contributed by atoms with van der Waals surface area (Å²) in [5, 5.41) is 18.1. The van der Waals surface area contributed by atoms with Gasteiger partial charge < -0.3 is 15.1 Å². The molecule has 1 aliphatic carbocycles. The average molecular weight is 241 g/mol. The van der Waals surface area contributed by atoms with Gasteiger partial charge in [0.15, 0.2) is 0 Å². The molecule has 1 amide bonds. The second kappa shape index (κ2) is 5.82. The molecular weight excluding hydrogens is 222 g/mol. The van der Waals surface area contributed by atoms with E-state index >= 15 is 0 Å². The zero-order valence-electron chi connectivity index (χ0n) is 10.2. The van der Waals surface area contributed by atoms with E-state index in [-0.39, 0.29) is 18.6 Å². The quantitative estimate of drug-likeness (QED) is 0.702. The van der Waals surface area contributed by atoms with Gasteiger partial charge in [0.1, 0.15) is 0 Å². The Balaban J connectivity index is 2.79. The molecule has 0 saturated heterocycles. The third-order valence-corrected chi connectivity index (χ3v) is 3.34. The molecule has 96 valence electrons. The number of aliphatic carboxylic acids is 1. The van der Waals surface area contributed by atoms with Gasteiger partial charge in [-0.15, -0.1) is 0 Å². The predicted molar refractivity (Wildman–Crippen MR) is 62.3 cm³/mol. The number of amides is 1. The number of aliphatic hydroxyl groups is 1. The van der Waals surface area contributed by atoms with Crippen molar-refractivity contribution in [1.82, 2.24) is 4.90 Å². The van der Waals surface area contributed by atoms with Crippen LogP contribution in [-0.4, -0.2) is 46.7 Å². The number of aliphatic hydroxyl groups excluding tert-OH is 1. The SMILES string of the molecule is CC(CO)N(C)C(=O)[C@@H]1CC=CC[C@@H]1C(=O)O. The Morgan fingerprint density at radius 3 is 2.35 bits per heavy atom. The molecule has 0 aliphatic heterocycles. The van der Waals surface area contributed by atoms with Crippen molar-refractivity contribution in [2.45, 2.75) is 25.8 Å². The number of hydrogen-bond acceptors (Lipinski definition) is 3. The maximum atomic E-state index is 12.1. The number of carbonyl (C=O) groups is 2. The van der Waals surface area contributed by atoms with Gasteiger partial charge in [-0.2, -0.15) is 0 Å². The second-order valence-corrected chi connectivity index (χ2v) is 4.47. The number of rotatable bonds is 4. The van der Waals surface area contributed by atoms with E-state index < -0.39 is 17.8 Å². The molecule has 0 spiro atoms. The smallest absolute Gasteiger partial charge is 0.307 e. The van der Waals surface area contributed by atoms with Crippen molar-refractivity contribution < 1.29 is 19.8 Å². The highest BCUT2D eigenvalue weighted by Crippen LogP contribution is 2.27. The van der Waals surface area contributed by atoms with Crippen molar-refractivity contribution in [2.24, 2.45) is 11.8 Å². The highest BCUT2D eigenvalue weighted by Gasteiger charge is 2.36. The predicted octanol–water partition coefficient (Wildman–Crippen LogP) is 0.493. The first-order valence-electron chi connectivity index (χ1n) is 5.74. The number of likely N-dealkylation sites (N-methyl/N-ethyl adjacent to an activating group) is 1. The summed E-state index contributed by atoms with van der Waals surface area (Å²) in [6.45, 7) is 1.61. The van der Waals surface area contributed by atoms with Crippen LogP contribution in [0.4, 0.5) is 0 Å². The molecule has 0 heterocycles. The van der Waals surface area contributed by atoms with Gasteiger partial charge in [0, 0.05) is 7.05 Å². The number of allylic oxidation sites excluding steroid dienone is 2. The van der Waals surface area contributed by atoms with E-state index in [4.69, 9.17) is 10.2 Å². The minimum atomic E-state index is -0.933. The molecule has 17 heavy (non-hydrogen) atoms. The summed E-state index contributed by atoms with van der Waals surface area (Å²) < 4.78 is 0. The van der Waals surface area contributed by atoms with Crippen LogP contribution >= 0.6 is 0 Å². The molecule has 0 saturated carbocycles. The molecule has 0 aromatic carbocycles. The van der Waals surface area contributed by atoms with Crippen LogP contribution in [0.15, 0.2) is 12.2 Å². The van der Waals surface area contributed by atoms with Crippen molar-refractivity contribution in [3.63, 3.8) is 0 Å². The van der Waals surface area contributed by atoms with Gasteiger partial charge in [-0.1, -0.05) is 12.2 Å². The molecule has 2 N–H and O–H groups in total. The second-order valence-electron chi connectivity index (χ2n) is 4.47. The van der Waals surface area contributed by atoms with Crippen LogP contribution in [0.2, 0.25) is 0 Å². The average Bonchev–Trinajstić information content (AvgIpc) is 2.35. The van der Waals surface area contributed by atoms with E-state index in [1.165, 1.54) is 4.90 Å². The van der Waals surface area contributed by atoms with Gasteiger partial charge in [0.2, 0.25) is 5.91 Å². The monoisotopic (exact) mass is 241 g/mol. The molecular formula is C12H19NO4. The number of nitrogens with zero attached hydrogens (tertiary/aromatic N) is 1. The Labute approximate surface area is 101 Å². The molecule has 3 atom stereocenters.